The van der Waals surface area contributed by atoms with Gasteiger partial charge in [-0.05, 0) is 26.4 Å². The van der Waals surface area contributed by atoms with Gasteiger partial charge in [-0.25, -0.2) is 0 Å². The first-order valence-electron chi connectivity index (χ1n) is 5.38. The van der Waals surface area contributed by atoms with Crippen LogP contribution in [-0.2, 0) is 9.47 Å². The van der Waals surface area contributed by atoms with Crippen molar-refractivity contribution in [2.45, 2.75) is 25.6 Å². The minimum absolute atomic E-state index is 0.229. The van der Waals surface area contributed by atoms with Gasteiger partial charge in [0.25, 0.3) is 0 Å². The molecule has 1 aliphatic rings. The molecule has 0 aromatic heterocycles. The second-order valence-corrected chi connectivity index (χ2v) is 3.67. The molecule has 0 bridgehead atoms. The van der Waals surface area contributed by atoms with E-state index in [0.29, 0.717) is 0 Å². The van der Waals surface area contributed by atoms with Crippen molar-refractivity contribution < 1.29 is 9.47 Å². The van der Waals surface area contributed by atoms with Crippen LogP contribution in [0.15, 0.2) is 0 Å². The lowest BCUT2D eigenvalue weighted by molar-refractivity contribution is -0.0233. The maximum atomic E-state index is 5.62. The summed E-state index contributed by atoms with van der Waals surface area (Å²) in [5.41, 5.74) is 5.48. The Hall–Kier alpha value is -0.160. The molecule has 1 rings (SSSR count). The lowest BCUT2D eigenvalue weighted by Gasteiger charge is -2.16. The molecule has 2 N–H and O–H groups in total. The van der Waals surface area contributed by atoms with Crippen molar-refractivity contribution in [2.75, 3.05) is 39.9 Å². The van der Waals surface area contributed by atoms with Gasteiger partial charge in [-0.1, -0.05) is 0 Å². The minimum Gasteiger partial charge on any atom is -0.377 e. The fourth-order valence-corrected chi connectivity index (χ4v) is 1.92. The second-order valence-electron chi connectivity index (χ2n) is 3.67. The summed E-state index contributed by atoms with van der Waals surface area (Å²) in [7, 11) is 1.75. The second kappa shape index (κ2) is 6.35. The lowest BCUT2D eigenvalue weighted by atomic mass is 10.2. The number of hydrogen-bond donors (Lipinski definition) is 1. The van der Waals surface area contributed by atoms with Crippen LogP contribution in [0.1, 0.15) is 13.3 Å². The van der Waals surface area contributed by atoms with E-state index in [0.717, 1.165) is 39.2 Å². The zero-order valence-corrected chi connectivity index (χ0v) is 9.24. The maximum absolute atomic E-state index is 5.62. The summed E-state index contributed by atoms with van der Waals surface area (Å²) in [6, 6.07) is 0. The van der Waals surface area contributed by atoms with Crippen LogP contribution in [0.25, 0.3) is 0 Å². The molecule has 0 radical (unpaired) electrons. The number of ether oxygens (including phenoxy) is 2. The summed E-state index contributed by atoms with van der Waals surface area (Å²) in [6.45, 7) is 6.55. The van der Waals surface area contributed by atoms with Crippen LogP contribution in [0.5, 0.6) is 0 Å². The Balaban J connectivity index is 2.31. The van der Waals surface area contributed by atoms with Crippen molar-refractivity contribution >= 4 is 0 Å². The zero-order chi connectivity index (χ0) is 10.4. The highest BCUT2D eigenvalue weighted by atomic mass is 16.5. The molecule has 1 heterocycles. The number of methoxy groups -OCH3 is 1. The molecule has 14 heavy (non-hydrogen) atoms. The summed E-state index contributed by atoms with van der Waals surface area (Å²) in [5, 5.41) is 0. The van der Waals surface area contributed by atoms with Crippen LogP contribution in [0.3, 0.4) is 0 Å². The highest BCUT2D eigenvalue weighted by Gasteiger charge is 2.32. The summed E-state index contributed by atoms with van der Waals surface area (Å²) in [4.78, 5) is 2.36. The fraction of sp³-hybridized carbons (Fsp3) is 1.00. The van der Waals surface area contributed by atoms with Crippen LogP contribution in [0.2, 0.25) is 0 Å². The topological polar surface area (TPSA) is 47.7 Å². The van der Waals surface area contributed by atoms with Crippen molar-refractivity contribution in [3.05, 3.63) is 0 Å². The number of hydrogen-bond acceptors (Lipinski definition) is 4. The number of nitrogens with zero attached hydrogens (tertiary/aromatic N) is 1. The smallest absolute Gasteiger partial charge is 0.0975 e. The monoisotopic (exact) mass is 202 g/mol. The molecular weight excluding hydrogens is 180 g/mol. The van der Waals surface area contributed by atoms with Crippen molar-refractivity contribution in [2.24, 2.45) is 5.73 Å². The van der Waals surface area contributed by atoms with Gasteiger partial charge < -0.3 is 15.2 Å². The van der Waals surface area contributed by atoms with E-state index in [2.05, 4.69) is 4.90 Å². The fourth-order valence-electron chi connectivity index (χ4n) is 1.92. The van der Waals surface area contributed by atoms with Crippen molar-refractivity contribution in [3.63, 3.8) is 0 Å². The molecule has 4 heteroatoms. The van der Waals surface area contributed by atoms with Crippen molar-refractivity contribution in [1.29, 1.82) is 0 Å². The minimum atomic E-state index is 0.229. The third-order valence-electron chi connectivity index (χ3n) is 2.65. The molecule has 0 unspecified atom stereocenters. The molecule has 84 valence electrons. The lowest BCUT2D eigenvalue weighted by Crippen LogP contribution is -2.28. The van der Waals surface area contributed by atoms with Gasteiger partial charge in [-0.2, -0.15) is 0 Å². The first-order valence-corrected chi connectivity index (χ1v) is 5.38. The standard InChI is InChI=1S/C10H22N2O2/c1-3-14-10-8-12(6-4-5-11)7-9(10)13-2/h9-10H,3-8,11H2,1-2H3/t9-,10-/m0/s1. The third-order valence-corrected chi connectivity index (χ3v) is 2.65. The molecule has 1 saturated heterocycles. The third kappa shape index (κ3) is 3.20. The summed E-state index contributed by atoms with van der Waals surface area (Å²) in [6.07, 6.45) is 1.52. The van der Waals surface area contributed by atoms with Crippen LogP contribution in [-0.4, -0.2) is 57.0 Å². The molecule has 1 aliphatic heterocycles. The molecule has 2 atom stereocenters. The first kappa shape index (κ1) is 11.9. The zero-order valence-electron chi connectivity index (χ0n) is 9.24. The van der Waals surface area contributed by atoms with Gasteiger partial charge in [0.1, 0.15) is 0 Å². The van der Waals surface area contributed by atoms with E-state index in [1.165, 1.54) is 0 Å². The summed E-state index contributed by atoms with van der Waals surface area (Å²) >= 11 is 0. The van der Waals surface area contributed by atoms with Crippen LogP contribution in [0.4, 0.5) is 0 Å². The van der Waals surface area contributed by atoms with E-state index >= 15 is 0 Å². The van der Waals surface area contributed by atoms with Crippen molar-refractivity contribution in [1.82, 2.24) is 4.90 Å². The van der Waals surface area contributed by atoms with E-state index in [1.54, 1.807) is 7.11 Å². The van der Waals surface area contributed by atoms with Crippen LogP contribution in [0, 0.1) is 0 Å². The Bertz CT molecular complexity index is 155. The van der Waals surface area contributed by atoms with Crippen LogP contribution >= 0.6 is 0 Å². The summed E-state index contributed by atoms with van der Waals surface area (Å²) in [5.74, 6) is 0. The van der Waals surface area contributed by atoms with E-state index in [9.17, 15) is 0 Å². The van der Waals surface area contributed by atoms with E-state index < -0.39 is 0 Å². The van der Waals surface area contributed by atoms with Gasteiger partial charge in [0.15, 0.2) is 0 Å². The molecule has 4 nitrogen and oxygen atoms in total. The van der Waals surface area contributed by atoms with E-state index in [1.807, 2.05) is 6.92 Å². The molecular formula is C10H22N2O2. The number of nitrogens with two attached hydrogens (primary N) is 1. The Labute approximate surface area is 86.3 Å². The predicted octanol–water partition coefficient (Wildman–Crippen LogP) is 0.0709. The molecule has 0 aromatic carbocycles. The Morgan fingerprint density at radius 1 is 1.36 bits per heavy atom. The van der Waals surface area contributed by atoms with E-state index in [-0.39, 0.29) is 12.2 Å². The maximum Gasteiger partial charge on any atom is 0.0975 e. The van der Waals surface area contributed by atoms with Gasteiger partial charge in [0.2, 0.25) is 0 Å². The van der Waals surface area contributed by atoms with Gasteiger partial charge in [-0.3, -0.25) is 4.90 Å². The van der Waals surface area contributed by atoms with Gasteiger partial charge >= 0.3 is 0 Å². The molecule has 0 amide bonds. The van der Waals surface area contributed by atoms with Crippen LogP contribution < -0.4 is 5.73 Å². The molecule has 1 fully saturated rings. The van der Waals surface area contributed by atoms with Gasteiger partial charge in [0, 0.05) is 26.8 Å². The number of rotatable bonds is 6. The van der Waals surface area contributed by atoms with Gasteiger partial charge in [-0.15, -0.1) is 0 Å². The number of likely N-dealkylation sites (tertiary alicyclic amines) is 1. The first-order chi connectivity index (χ1) is 6.81. The Morgan fingerprint density at radius 3 is 2.64 bits per heavy atom. The predicted molar refractivity (Wildman–Crippen MR) is 56.3 cm³/mol. The normalized spacial score (nSPS) is 28.5. The molecule has 0 saturated carbocycles. The van der Waals surface area contributed by atoms with Crippen molar-refractivity contribution in [3.8, 4) is 0 Å². The Kier molecular flexibility index (Phi) is 5.40. The summed E-state index contributed by atoms with van der Waals surface area (Å²) < 4.78 is 11.0. The average Bonchev–Trinajstić information content (AvgIpc) is 2.58. The average molecular weight is 202 g/mol. The van der Waals surface area contributed by atoms with Gasteiger partial charge in [0.05, 0.1) is 12.2 Å². The largest absolute Gasteiger partial charge is 0.377 e. The SMILES string of the molecule is CCO[C@H]1CN(CCCN)C[C@@H]1OC. The molecule has 0 spiro atoms. The molecule has 0 aromatic rings. The highest BCUT2D eigenvalue weighted by molar-refractivity contribution is 4.85. The highest BCUT2D eigenvalue weighted by Crippen LogP contribution is 2.16. The van der Waals surface area contributed by atoms with E-state index in [4.69, 9.17) is 15.2 Å². The molecule has 0 aliphatic carbocycles. The Morgan fingerprint density at radius 2 is 2.07 bits per heavy atom. The quantitative estimate of drug-likeness (QED) is 0.662.